The van der Waals surface area contributed by atoms with Gasteiger partial charge in [0.1, 0.15) is 11.6 Å². The molecule has 0 spiro atoms. The molecule has 1 rings (SSSR count). The first kappa shape index (κ1) is 12.0. The van der Waals surface area contributed by atoms with E-state index in [1.165, 1.54) is 12.1 Å². The third-order valence-corrected chi connectivity index (χ3v) is 1.79. The second kappa shape index (κ2) is 5.11. The molecule has 0 aliphatic carbocycles. The van der Waals surface area contributed by atoms with Gasteiger partial charge in [-0.3, -0.25) is 9.59 Å². The Morgan fingerprint density at radius 3 is 2.62 bits per heavy atom. The molecule has 0 saturated heterocycles. The lowest BCUT2D eigenvalue weighted by atomic mass is 10.2. The van der Waals surface area contributed by atoms with E-state index in [1.807, 2.05) is 0 Å². The minimum Gasteiger partial charge on any atom is -0.493 e. The van der Waals surface area contributed by atoms with Gasteiger partial charge in [-0.15, -0.1) is 0 Å². The van der Waals surface area contributed by atoms with Crippen LogP contribution < -0.4 is 10.5 Å². The number of amides is 1. The standard InChI is InChI=1S/C10H10FNO4/c11-8-5-6(16-4-3-9(13)14)1-2-7(8)10(12)15/h1-2,5H,3-4H2,(H2,12,15)(H,13,14). The van der Waals surface area contributed by atoms with Crippen LogP contribution in [0.25, 0.3) is 0 Å². The zero-order chi connectivity index (χ0) is 12.1. The molecule has 0 aromatic heterocycles. The fourth-order valence-electron chi connectivity index (χ4n) is 1.04. The van der Waals surface area contributed by atoms with E-state index in [0.29, 0.717) is 0 Å². The first-order valence-electron chi connectivity index (χ1n) is 4.44. The number of carbonyl (C=O) groups excluding carboxylic acids is 1. The Morgan fingerprint density at radius 1 is 1.44 bits per heavy atom. The molecule has 0 aliphatic heterocycles. The van der Waals surface area contributed by atoms with Crippen molar-refractivity contribution in [2.45, 2.75) is 6.42 Å². The molecule has 86 valence electrons. The van der Waals surface area contributed by atoms with Gasteiger partial charge in [0.2, 0.25) is 0 Å². The predicted octanol–water partition coefficient (Wildman–Crippen LogP) is 0.778. The molecule has 0 saturated carbocycles. The average molecular weight is 227 g/mol. The molecular weight excluding hydrogens is 217 g/mol. The topological polar surface area (TPSA) is 89.6 Å². The zero-order valence-electron chi connectivity index (χ0n) is 8.27. The molecule has 0 heterocycles. The number of carbonyl (C=O) groups is 2. The average Bonchev–Trinajstić information content (AvgIpc) is 2.16. The SMILES string of the molecule is NC(=O)c1ccc(OCCC(=O)O)cc1F. The van der Waals surface area contributed by atoms with Gasteiger partial charge in [0.25, 0.3) is 5.91 Å². The minimum atomic E-state index is -1.01. The summed E-state index contributed by atoms with van der Waals surface area (Å²) in [5.41, 5.74) is 4.68. The highest BCUT2D eigenvalue weighted by Gasteiger charge is 2.09. The summed E-state index contributed by atoms with van der Waals surface area (Å²) in [5.74, 6) is -2.51. The number of hydrogen-bond acceptors (Lipinski definition) is 3. The van der Waals surface area contributed by atoms with Gasteiger partial charge in [-0.2, -0.15) is 0 Å². The van der Waals surface area contributed by atoms with Crippen molar-refractivity contribution in [1.29, 1.82) is 0 Å². The summed E-state index contributed by atoms with van der Waals surface area (Å²) in [6, 6.07) is 3.53. The van der Waals surface area contributed by atoms with Crippen molar-refractivity contribution in [3.05, 3.63) is 29.6 Å². The molecule has 0 fully saturated rings. The van der Waals surface area contributed by atoms with Crippen LogP contribution >= 0.6 is 0 Å². The maximum absolute atomic E-state index is 13.2. The van der Waals surface area contributed by atoms with Crippen molar-refractivity contribution < 1.29 is 23.8 Å². The van der Waals surface area contributed by atoms with Crippen molar-refractivity contribution in [1.82, 2.24) is 0 Å². The molecule has 5 nitrogen and oxygen atoms in total. The number of carboxylic acid groups (broad SMARTS) is 1. The van der Waals surface area contributed by atoms with Gasteiger partial charge in [0, 0.05) is 6.07 Å². The van der Waals surface area contributed by atoms with Gasteiger partial charge in [-0.1, -0.05) is 0 Å². The van der Waals surface area contributed by atoms with Crippen LogP contribution in [-0.4, -0.2) is 23.6 Å². The molecule has 1 aromatic rings. The summed E-state index contributed by atoms with van der Waals surface area (Å²) in [6.45, 7) is -0.0648. The zero-order valence-corrected chi connectivity index (χ0v) is 8.27. The Balaban J connectivity index is 2.66. The van der Waals surface area contributed by atoms with Gasteiger partial charge in [0.15, 0.2) is 0 Å². The number of halogens is 1. The fraction of sp³-hybridized carbons (Fsp3) is 0.200. The molecule has 0 unspecified atom stereocenters. The Labute approximate surface area is 90.6 Å². The summed E-state index contributed by atoms with van der Waals surface area (Å²) < 4.78 is 18.1. The molecule has 1 aromatic carbocycles. The third-order valence-electron chi connectivity index (χ3n) is 1.79. The molecule has 0 aliphatic rings. The van der Waals surface area contributed by atoms with E-state index in [2.05, 4.69) is 0 Å². The Bertz CT molecular complexity index is 419. The van der Waals surface area contributed by atoms with Gasteiger partial charge < -0.3 is 15.6 Å². The van der Waals surface area contributed by atoms with Crippen LogP contribution in [-0.2, 0) is 4.79 Å². The number of primary amides is 1. The van der Waals surface area contributed by atoms with E-state index in [0.717, 1.165) is 6.07 Å². The molecule has 6 heteroatoms. The summed E-state index contributed by atoms with van der Waals surface area (Å²) in [6.07, 6.45) is -0.181. The third kappa shape index (κ3) is 3.23. The summed E-state index contributed by atoms with van der Waals surface area (Å²) in [5, 5.41) is 8.35. The van der Waals surface area contributed by atoms with E-state index >= 15 is 0 Å². The van der Waals surface area contributed by atoms with Crippen LogP contribution in [0.5, 0.6) is 5.75 Å². The highest BCUT2D eigenvalue weighted by molar-refractivity contribution is 5.93. The van der Waals surface area contributed by atoms with Crippen molar-refractivity contribution in [2.24, 2.45) is 5.73 Å². The maximum atomic E-state index is 13.2. The second-order valence-corrected chi connectivity index (χ2v) is 3.00. The lowest BCUT2D eigenvalue weighted by Crippen LogP contribution is -2.13. The second-order valence-electron chi connectivity index (χ2n) is 3.00. The first-order valence-corrected chi connectivity index (χ1v) is 4.44. The number of ether oxygens (including phenoxy) is 1. The van der Waals surface area contributed by atoms with Gasteiger partial charge in [-0.25, -0.2) is 4.39 Å². The molecule has 1 amide bonds. The van der Waals surface area contributed by atoms with Crippen molar-refractivity contribution in [3.63, 3.8) is 0 Å². The van der Waals surface area contributed by atoms with E-state index in [9.17, 15) is 14.0 Å². The van der Waals surface area contributed by atoms with E-state index in [-0.39, 0.29) is 24.3 Å². The molecule has 0 atom stereocenters. The van der Waals surface area contributed by atoms with Crippen LogP contribution in [0, 0.1) is 5.82 Å². The molecule has 3 N–H and O–H groups in total. The smallest absolute Gasteiger partial charge is 0.306 e. The van der Waals surface area contributed by atoms with Crippen LogP contribution in [0.1, 0.15) is 16.8 Å². The Kier molecular flexibility index (Phi) is 3.82. The highest BCUT2D eigenvalue weighted by Crippen LogP contribution is 2.16. The van der Waals surface area contributed by atoms with Crippen molar-refractivity contribution >= 4 is 11.9 Å². The molecule has 0 bridgehead atoms. The molecular formula is C10H10FNO4. The Morgan fingerprint density at radius 2 is 2.12 bits per heavy atom. The van der Waals surface area contributed by atoms with E-state index in [4.69, 9.17) is 15.6 Å². The maximum Gasteiger partial charge on any atom is 0.306 e. The van der Waals surface area contributed by atoms with Gasteiger partial charge >= 0.3 is 5.97 Å². The van der Waals surface area contributed by atoms with Gasteiger partial charge in [0.05, 0.1) is 18.6 Å². The van der Waals surface area contributed by atoms with Crippen molar-refractivity contribution in [2.75, 3.05) is 6.61 Å². The molecule has 16 heavy (non-hydrogen) atoms. The quantitative estimate of drug-likeness (QED) is 0.777. The van der Waals surface area contributed by atoms with E-state index in [1.54, 1.807) is 0 Å². The number of aliphatic carboxylic acids is 1. The monoisotopic (exact) mass is 227 g/mol. The number of rotatable bonds is 5. The Hall–Kier alpha value is -2.11. The van der Waals surface area contributed by atoms with Crippen LogP contribution in [0.15, 0.2) is 18.2 Å². The first-order chi connectivity index (χ1) is 7.50. The van der Waals surface area contributed by atoms with Crippen molar-refractivity contribution in [3.8, 4) is 5.75 Å². The number of hydrogen-bond donors (Lipinski definition) is 2. The summed E-state index contributed by atoms with van der Waals surface area (Å²) in [4.78, 5) is 20.9. The number of benzene rings is 1. The number of carboxylic acids is 1. The van der Waals surface area contributed by atoms with Gasteiger partial charge in [-0.05, 0) is 12.1 Å². The summed E-state index contributed by atoms with van der Waals surface area (Å²) >= 11 is 0. The summed E-state index contributed by atoms with van der Waals surface area (Å²) in [7, 11) is 0. The lowest BCUT2D eigenvalue weighted by molar-refractivity contribution is -0.137. The highest BCUT2D eigenvalue weighted by atomic mass is 19.1. The fourth-order valence-corrected chi connectivity index (χ4v) is 1.04. The largest absolute Gasteiger partial charge is 0.493 e. The van der Waals surface area contributed by atoms with E-state index < -0.39 is 17.7 Å². The normalized spacial score (nSPS) is 9.81. The van der Waals surface area contributed by atoms with Crippen LogP contribution in [0.2, 0.25) is 0 Å². The van der Waals surface area contributed by atoms with Crippen LogP contribution in [0.4, 0.5) is 4.39 Å². The lowest BCUT2D eigenvalue weighted by Gasteiger charge is -2.05. The minimum absolute atomic E-state index is 0.0648. The van der Waals surface area contributed by atoms with Crippen LogP contribution in [0.3, 0.4) is 0 Å². The number of nitrogens with two attached hydrogens (primary N) is 1. The molecule has 0 radical (unpaired) electrons. The predicted molar refractivity (Wildman–Crippen MR) is 52.7 cm³/mol.